The Labute approximate surface area is 78.5 Å². The van der Waals surface area contributed by atoms with Gasteiger partial charge in [-0.1, -0.05) is 0 Å². The second-order valence-corrected chi connectivity index (χ2v) is 3.50. The van der Waals surface area contributed by atoms with Crippen LogP contribution in [0.2, 0.25) is 0 Å². The van der Waals surface area contributed by atoms with Gasteiger partial charge in [-0.05, 0) is 33.4 Å². The minimum absolute atomic E-state index is 0.0194. The lowest BCUT2D eigenvalue weighted by molar-refractivity contribution is -0.125. The predicted octanol–water partition coefficient (Wildman–Crippen LogP) is 0.109. The van der Waals surface area contributed by atoms with Gasteiger partial charge in [-0.2, -0.15) is 5.26 Å². The largest absolute Gasteiger partial charge is 0.339 e. The lowest BCUT2D eigenvalue weighted by atomic mass is 10.2. The third-order valence-corrected chi connectivity index (χ3v) is 2.38. The molecule has 0 saturated carbocycles. The molecule has 1 N–H and O–H groups in total. The zero-order chi connectivity index (χ0) is 9.84. The van der Waals surface area contributed by atoms with E-state index >= 15 is 0 Å². The number of nitrogens with one attached hydrogen (secondary N) is 1. The molecule has 1 rings (SSSR count). The van der Waals surface area contributed by atoms with Crippen LogP contribution >= 0.6 is 0 Å². The van der Waals surface area contributed by atoms with Crippen molar-refractivity contribution in [2.45, 2.75) is 31.8 Å². The van der Waals surface area contributed by atoms with Gasteiger partial charge in [0, 0.05) is 0 Å². The Morgan fingerprint density at radius 2 is 2.46 bits per heavy atom. The van der Waals surface area contributed by atoms with Crippen molar-refractivity contribution in [3.05, 3.63) is 0 Å². The summed E-state index contributed by atoms with van der Waals surface area (Å²) in [7, 11) is 1.94. The first-order chi connectivity index (χ1) is 6.15. The van der Waals surface area contributed by atoms with Gasteiger partial charge in [0.1, 0.15) is 6.04 Å². The zero-order valence-corrected chi connectivity index (χ0v) is 8.08. The summed E-state index contributed by atoms with van der Waals surface area (Å²) in [5.41, 5.74) is 0. The summed E-state index contributed by atoms with van der Waals surface area (Å²) in [6, 6.07) is 1.56. The van der Waals surface area contributed by atoms with Crippen molar-refractivity contribution in [1.82, 2.24) is 10.2 Å². The van der Waals surface area contributed by atoms with E-state index in [0.29, 0.717) is 0 Å². The topological polar surface area (TPSA) is 56.1 Å². The standard InChI is InChI=1S/C9H15N3O/c1-7(6-10)11-9(13)8-4-3-5-12(8)2/h7-8H,3-5H2,1-2H3,(H,11,13)/t7-,8?/m0/s1. The highest BCUT2D eigenvalue weighted by Crippen LogP contribution is 2.14. The van der Waals surface area contributed by atoms with Gasteiger partial charge in [-0.25, -0.2) is 0 Å². The molecule has 1 heterocycles. The van der Waals surface area contributed by atoms with Gasteiger partial charge in [0.25, 0.3) is 0 Å². The Morgan fingerprint density at radius 3 is 2.92 bits per heavy atom. The second kappa shape index (κ2) is 4.24. The molecular formula is C9H15N3O. The first-order valence-electron chi connectivity index (χ1n) is 4.55. The SMILES string of the molecule is C[C@@H](C#N)NC(=O)C1CCCN1C. The van der Waals surface area contributed by atoms with E-state index in [1.807, 2.05) is 18.0 Å². The van der Waals surface area contributed by atoms with Gasteiger partial charge in [0.15, 0.2) is 0 Å². The summed E-state index contributed by atoms with van der Waals surface area (Å²) < 4.78 is 0. The molecule has 72 valence electrons. The normalized spacial score (nSPS) is 25.2. The molecule has 0 aromatic rings. The molecule has 0 radical (unpaired) electrons. The van der Waals surface area contributed by atoms with E-state index in [9.17, 15) is 4.79 Å². The molecule has 4 heteroatoms. The maximum atomic E-state index is 11.5. The van der Waals surface area contributed by atoms with Gasteiger partial charge < -0.3 is 5.32 Å². The molecule has 0 spiro atoms. The summed E-state index contributed by atoms with van der Waals surface area (Å²) in [6.45, 7) is 2.66. The average Bonchev–Trinajstić information content (AvgIpc) is 2.51. The molecule has 1 aliphatic heterocycles. The van der Waals surface area contributed by atoms with Crippen molar-refractivity contribution >= 4 is 5.91 Å². The van der Waals surface area contributed by atoms with Gasteiger partial charge in [0.05, 0.1) is 12.1 Å². The maximum absolute atomic E-state index is 11.5. The van der Waals surface area contributed by atoms with E-state index in [2.05, 4.69) is 5.32 Å². The molecular weight excluding hydrogens is 166 g/mol. The fraction of sp³-hybridized carbons (Fsp3) is 0.778. The second-order valence-electron chi connectivity index (χ2n) is 3.50. The van der Waals surface area contributed by atoms with Crippen molar-refractivity contribution in [2.24, 2.45) is 0 Å². The molecule has 0 aromatic carbocycles. The summed E-state index contributed by atoms with van der Waals surface area (Å²) in [5, 5.41) is 11.2. The zero-order valence-electron chi connectivity index (χ0n) is 8.08. The summed E-state index contributed by atoms with van der Waals surface area (Å²) >= 11 is 0. The number of rotatable bonds is 2. The van der Waals surface area contributed by atoms with Crippen LogP contribution in [0, 0.1) is 11.3 Å². The van der Waals surface area contributed by atoms with Crippen molar-refractivity contribution in [1.29, 1.82) is 5.26 Å². The smallest absolute Gasteiger partial charge is 0.238 e. The molecule has 13 heavy (non-hydrogen) atoms. The third-order valence-electron chi connectivity index (χ3n) is 2.38. The Bertz CT molecular complexity index is 234. The summed E-state index contributed by atoms with van der Waals surface area (Å²) in [5.74, 6) is -0.0194. The fourth-order valence-corrected chi connectivity index (χ4v) is 1.58. The molecule has 4 nitrogen and oxygen atoms in total. The van der Waals surface area contributed by atoms with Crippen LogP contribution in [0.15, 0.2) is 0 Å². The van der Waals surface area contributed by atoms with Gasteiger partial charge >= 0.3 is 0 Å². The Balaban J connectivity index is 2.44. The quantitative estimate of drug-likeness (QED) is 0.657. The molecule has 1 saturated heterocycles. The average molecular weight is 181 g/mol. The number of carbonyl (C=O) groups excluding carboxylic acids is 1. The van der Waals surface area contributed by atoms with E-state index in [1.165, 1.54) is 0 Å². The van der Waals surface area contributed by atoms with Crippen molar-refractivity contribution < 1.29 is 4.79 Å². The Kier molecular flexibility index (Phi) is 3.26. The van der Waals surface area contributed by atoms with Crippen LogP contribution in [0.5, 0.6) is 0 Å². The first kappa shape index (κ1) is 10.0. The fourth-order valence-electron chi connectivity index (χ4n) is 1.58. The number of hydrogen-bond donors (Lipinski definition) is 1. The van der Waals surface area contributed by atoms with Crippen LogP contribution in [0.4, 0.5) is 0 Å². The lowest BCUT2D eigenvalue weighted by Crippen LogP contribution is -2.44. The predicted molar refractivity (Wildman–Crippen MR) is 48.9 cm³/mol. The molecule has 1 amide bonds. The first-order valence-corrected chi connectivity index (χ1v) is 4.55. The van der Waals surface area contributed by atoms with Crippen molar-refractivity contribution in [3.8, 4) is 6.07 Å². The number of hydrogen-bond acceptors (Lipinski definition) is 3. The number of nitriles is 1. The molecule has 2 atom stereocenters. The van der Waals surface area contributed by atoms with Gasteiger partial charge in [-0.15, -0.1) is 0 Å². The molecule has 0 aromatic heterocycles. The molecule has 1 aliphatic rings. The van der Waals surface area contributed by atoms with E-state index in [4.69, 9.17) is 5.26 Å². The Morgan fingerprint density at radius 1 is 1.77 bits per heavy atom. The van der Waals surface area contributed by atoms with Crippen LogP contribution in [0.25, 0.3) is 0 Å². The van der Waals surface area contributed by atoms with E-state index in [-0.39, 0.29) is 18.0 Å². The summed E-state index contributed by atoms with van der Waals surface area (Å²) in [6.07, 6.45) is 1.97. The molecule has 0 bridgehead atoms. The number of amides is 1. The maximum Gasteiger partial charge on any atom is 0.238 e. The molecule has 1 fully saturated rings. The van der Waals surface area contributed by atoms with E-state index in [1.54, 1.807) is 6.92 Å². The van der Waals surface area contributed by atoms with Crippen molar-refractivity contribution in [3.63, 3.8) is 0 Å². The monoisotopic (exact) mass is 181 g/mol. The number of carbonyl (C=O) groups is 1. The minimum Gasteiger partial charge on any atom is -0.339 e. The van der Waals surface area contributed by atoms with E-state index < -0.39 is 0 Å². The van der Waals surface area contributed by atoms with Crippen LogP contribution < -0.4 is 5.32 Å². The van der Waals surface area contributed by atoms with Crippen LogP contribution in [-0.2, 0) is 4.79 Å². The highest BCUT2D eigenvalue weighted by Gasteiger charge is 2.28. The highest BCUT2D eigenvalue weighted by atomic mass is 16.2. The van der Waals surface area contributed by atoms with E-state index in [0.717, 1.165) is 19.4 Å². The van der Waals surface area contributed by atoms with Gasteiger partial charge in [-0.3, -0.25) is 9.69 Å². The number of likely N-dealkylation sites (N-methyl/N-ethyl adjacent to an activating group) is 1. The van der Waals surface area contributed by atoms with Crippen LogP contribution in [0.3, 0.4) is 0 Å². The van der Waals surface area contributed by atoms with Crippen molar-refractivity contribution in [2.75, 3.05) is 13.6 Å². The Hall–Kier alpha value is -1.08. The minimum atomic E-state index is -0.387. The number of nitrogens with zero attached hydrogens (tertiary/aromatic N) is 2. The number of likely N-dealkylation sites (tertiary alicyclic amines) is 1. The third kappa shape index (κ3) is 2.43. The molecule has 0 aliphatic carbocycles. The van der Waals surface area contributed by atoms with Crippen LogP contribution in [0.1, 0.15) is 19.8 Å². The molecule has 1 unspecified atom stereocenters. The van der Waals surface area contributed by atoms with Gasteiger partial charge in [0.2, 0.25) is 5.91 Å². The van der Waals surface area contributed by atoms with Crippen LogP contribution in [-0.4, -0.2) is 36.5 Å². The summed E-state index contributed by atoms with van der Waals surface area (Å²) in [4.78, 5) is 13.5. The highest BCUT2D eigenvalue weighted by molar-refractivity contribution is 5.82. The lowest BCUT2D eigenvalue weighted by Gasteiger charge is -2.19.